The Morgan fingerprint density at radius 1 is 1.50 bits per heavy atom. The lowest BCUT2D eigenvalue weighted by Crippen LogP contribution is -2.42. The van der Waals surface area contributed by atoms with Crippen LogP contribution in [0.5, 0.6) is 5.75 Å². The molecule has 0 radical (unpaired) electrons. The van der Waals surface area contributed by atoms with E-state index in [1.54, 1.807) is 19.1 Å². The molecular weight excluding hydrogens is 233 g/mol. The van der Waals surface area contributed by atoms with Gasteiger partial charge in [-0.3, -0.25) is 0 Å². The van der Waals surface area contributed by atoms with E-state index in [0.717, 1.165) is 25.9 Å². The van der Waals surface area contributed by atoms with Gasteiger partial charge in [0.1, 0.15) is 11.6 Å². The van der Waals surface area contributed by atoms with Gasteiger partial charge in [-0.05, 0) is 38.4 Å². The Morgan fingerprint density at radius 2 is 2.28 bits per heavy atom. The van der Waals surface area contributed by atoms with Crippen molar-refractivity contribution in [2.24, 2.45) is 5.92 Å². The standard InChI is InChI=1S/C14H20FNO2/c1-14(17,10-4-3-7-16-9-10)12-6-5-11(18-2)8-13(12)15/h5-6,8,10,16-17H,3-4,7,9H2,1-2H3. The SMILES string of the molecule is COc1ccc(C(C)(O)C2CCCNC2)c(F)c1. The van der Waals surface area contributed by atoms with E-state index in [4.69, 9.17) is 4.74 Å². The van der Waals surface area contributed by atoms with Crippen LogP contribution < -0.4 is 10.1 Å². The van der Waals surface area contributed by atoms with Crippen molar-refractivity contribution in [3.63, 3.8) is 0 Å². The molecule has 1 aromatic rings. The molecule has 18 heavy (non-hydrogen) atoms. The topological polar surface area (TPSA) is 41.5 Å². The van der Waals surface area contributed by atoms with E-state index in [-0.39, 0.29) is 5.92 Å². The molecule has 0 aliphatic carbocycles. The van der Waals surface area contributed by atoms with E-state index < -0.39 is 11.4 Å². The second kappa shape index (κ2) is 5.24. The zero-order valence-corrected chi connectivity index (χ0v) is 10.9. The maximum absolute atomic E-state index is 14.0. The summed E-state index contributed by atoms with van der Waals surface area (Å²) in [4.78, 5) is 0. The molecule has 2 atom stereocenters. The number of nitrogens with one attached hydrogen (secondary N) is 1. The normalized spacial score (nSPS) is 23.4. The lowest BCUT2D eigenvalue weighted by atomic mass is 9.78. The molecule has 1 aliphatic rings. The molecule has 2 N–H and O–H groups in total. The average molecular weight is 253 g/mol. The minimum atomic E-state index is -1.15. The highest BCUT2D eigenvalue weighted by Crippen LogP contribution is 2.35. The van der Waals surface area contributed by atoms with Gasteiger partial charge < -0.3 is 15.2 Å². The van der Waals surface area contributed by atoms with Gasteiger partial charge in [0.25, 0.3) is 0 Å². The Labute approximate surface area is 107 Å². The fourth-order valence-electron chi connectivity index (χ4n) is 2.58. The molecule has 3 nitrogen and oxygen atoms in total. The molecule has 2 rings (SSSR count). The van der Waals surface area contributed by atoms with Crippen molar-refractivity contribution in [1.82, 2.24) is 5.32 Å². The Morgan fingerprint density at radius 3 is 2.83 bits per heavy atom. The monoisotopic (exact) mass is 253 g/mol. The predicted molar refractivity (Wildman–Crippen MR) is 68.1 cm³/mol. The number of hydrogen-bond donors (Lipinski definition) is 2. The van der Waals surface area contributed by atoms with Crippen molar-refractivity contribution in [3.05, 3.63) is 29.6 Å². The second-order valence-corrected chi connectivity index (χ2v) is 5.04. The summed E-state index contributed by atoms with van der Waals surface area (Å²) in [5.74, 6) is 0.0906. The fraction of sp³-hybridized carbons (Fsp3) is 0.571. The number of benzene rings is 1. The lowest BCUT2D eigenvalue weighted by Gasteiger charge is -2.36. The van der Waals surface area contributed by atoms with Crippen molar-refractivity contribution in [3.8, 4) is 5.75 Å². The first-order chi connectivity index (χ1) is 8.55. The summed E-state index contributed by atoms with van der Waals surface area (Å²) in [6.45, 7) is 3.38. The molecule has 1 aromatic carbocycles. The first-order valence-electron chi connectivity index (χ1n) is 6.33. The van der Waals surface area contributed by atoms with Gasteiger partial charge in [-0.2, -0.15) is 0 Å². The third-order valence-electron chi connectivity index (χ3n) is 3.81. The summed E-state index contributed by atoms with van der Waals surface area (Å²) in [6, 6.07) is 4.62. The van der Waals surface area contributed by atoms with Crippen LogP contribution in [0.25, 0.3) is 0 Å². The summed E-state index contributed by atoms with van der Waals surface area (Å²) in [5, 5.41) is 13.9. The molecule has 4 heteroatoms. The van der Waals surface area contributed by atoms with Crippen LogP contribution in [-0.4, -0.2) is 25.3 Å². The van der Waals surface area contributed by atoms with Gasteiger partial charge in [0, 0.05) is 24.1 Å². The Kier molecular flexibility index (Phi) is 3.88. The fourth-order valence-corrected chi connectivity index (χ4v) is 2.58. The second-order valence-electron chi connectivity index (χ2n) is 5.04. The van der Waals surface area contributed by atoms with Crippen LogP contribution in [-0.2, 0) is 5.60 Å². The first kappa shape index (κ1) is 13.3. The molecule has 2 unspecified atom stereocenters. The van der Waals surface area contributed by atoms with E-state index in [1.165, 1.54) is 13.2 Å². The molecule has 0 spiro atoms. The van der Waals surface area contributed by atoms with Gasteiger partial charge in [-0.25, -0.2) is 4.39 Å². The van der Waals surface area contributed by atoms with Crippen molar-refractivity contribution in [2.45, 2.75) is 25.4 Å². The lowest BCUT2D eigenvalue weighted by molar-refractivity contribution is -0.0185. The third-order valence-corrected chi connectivity index (χ3v) is 3.81. The highest BCUT2D eigenvalue weighted by atomic mass is 19.1. The molecule has 1 heterocycles. The van der Waals surface area contributed by atoms with Crippen molar-refractivity contribution >= 4 is 0 Å². The van der Waals surface area contributed by atoms with E-state index >= 15 is 0 Å². The molecule has 0 aromatic heterocycles. The number of ether oxygens (including phenoxy) is 1. The van der Waals surface area contributed by atoms with Gasteiger partial charge in [-0.15, -0.1) is 0 Å². The molecule has 100 valence electrons. The van der Waals surface area contributed by atoms with E-state index in [1.807, 2.05) is 0 Å². The molecule has 1 saturated heterocycles. The van der Waals surface area contributed by atoms with E-state index in [2.05, 4.69) is 5.32 Å². The molecule has 1 aliphatic heterocycles. The van der Waals surface area contributed by atoms with Crippen LogP contribution in [0.2, 0.25) is 0 Å². The first-order valence-corrected chi connectivity index (χ1v) is 6.33. The minimum Gasteiger partial charge on any atom is -0.497 e. The van der Waals surface area contributed by atoms with Gasteiger partial charge in [0.2, 0.25) is 0 Å². The van der Waals surface area contributed by atoms with Crippen LogP contribution in [0.4, 0.5) is 4.39 Å². The number of piperidine rings is 1. The van der Waals surface area contributed by atoms with Crippen LogP contribution in [0, 0.1) is 11.7 Å². The summed E-state index contributed by atoms with van der Waals surface area (Å²) < 4.78 is 19.0. The Hall–Kier alpha value is -1.13. The van der Waals surface area contributed by atoms with Gasteiger partial charge in [0.05, 0.1) is 12.7 Å². The van der Waals surface area contributed by atoms with Crippen molar-refractivity contribution < 1.29 is 14.2 Å². The average Bonchev–Trinajstić information content (AvgIpc) is 2.39. The van der Waals surface area contributed by atoms with Gasteiger partial charge in [0.15, 0.2) is 0 Å². The van der Waals surface area contributed by atoms with Crippen LogP contribution in [0.1, 0.15) is 25.3 Å². The third kappa shape index (κ3) is 2.49. The van der Waals surface area contributed by atoms with Crippen molar-refractivity contribution in [1.29, 1.82) is 0 Å². The molecular formula is C14H20FNO2. The number of hydrogen-bond acceptors (Lipinski definition) is 3. The van der Waals surface area contributed by atoms with E-state index in [0.29, 0.717) is 11.3 Å². The van der Waals surface area contributed by atoms with Crippen LogP contribution in [0.3, 0.4) is 0 Å². The maximum atomic E-state index is 14.0. The van der Waals surface area contributed by atoms with Crippen molar-refractivity contribution in [2.75, 3.05) is 20.2 Å². The van der Waals surface area contributed by atoms with Gasteiger partial charge in [-0.1, -0.05) is 0 Å². The minimum absolute atomic E-state index is 0.0362. The number of rotatable bonds is 3. The zero-order chi connectivity index (χ0) is 13.2. The summed E-state index contributed by atoms with van der Waals surface area (Å²) in [5.41, 5.74) is -0.805. The van der Waals surface area contributed by atoms with Crippen LogP contribution >= 0.6 is 0 Å². The predicted octanol–water partition coefficient (Wildman–Crippen LogP) is 2.04. The number of aliphatic hydroxyl groups is 1. The Balaban J connectivity index is 2.27. The maximum Gasteiger partial charge on any atom is 0.132 e. The van der Waals surface area contributed by atoms with E-state index in [9.17, 15) is 9.50 Å². The molecule has 0 amide bonds. The zero-order valence-electron chi connectivity index (χ0n) is 10.9. The molecule has 0 bridgehead atoms. The Bertz CT molecular complexity index is 414. The highest BCUT2D eigenvalue weighted by Gasteiger charge is 2.36. The molecule has 1 fully saturated rings. The summed E-state index contributed by atoms with van der Waals surface area (Å²) in [7, 11) is 1.50. The van der Waals surface area contributed by atoms with Crippen LogP contribution in [0.15, 0.2) is 18.2 Å². The largest absolute Gasteiger partial charge is 0.497 e. The smallest absolute Gasteiger partial charge is 0.132 e. The highest BCUT2D eigenvalue weighted by molar-refractivity contribution is 5.32. The summed E-state index contributed by atoms with van der Waals surface area (Å²) in [6.07, 6.45) is 1.92. The van der Waals surface area contributed by atoms with Gasteiger partial charge >= 0.3 is 0 Å². The quantitative estimate of drug-likeness (QED) is 0.866. The summed E-state index contributed by atoms with van der Waals surface area (Å²) >= 11 is 0. The molecule has 0 saturated carbocycles. The number of methoxy groups -OCH3 is 1. The number of halogens is 1.